The summed E-state index contributed by atoms with van der Waals surface area (Å²) in [6.45, 7) is 13.5. The predicted octanol–water partition coefficient (Wildman–Crippen LogP) is 8.45. The van der Waals surface area contributed by atoms with Crippen LogP contribution in [0.4, 0.5) is 4.39 Å². The third kappa shape index (κ3) is 12.4. The van der Waals surface area contributed by atoms with Crippen molar-refractivity contribution < 1.29 is 42.5 Å². The van der Waals surface area contributed by atoms with Crippen LogP contribution in [-0.4, -0.2) is 31.4 Å². The van der Waals surface area contributed by atoms with E-state index in [-0.39, 0.29) is 19.0 Å². The molecule has 0 spiro atoms. The molecule has 0 aliphatic heterocycles. The molecule has 0 radical (unpaired) electrons. The Morgan fingerprint density at radius 2 is 1.31 bits per heavy atom. The molecule has 0 fully saturated rings. The molecule has 0 atom stereocenters. The van der Waals surface area contributed by atoms with E-state index >= 15 is 0 Å². The Hall–Kier alpha value is -7.36. The van der Waals surface area contributed by atoms with E-state index in [9.17, 15) is 18.8 Å². The second kappa shape index (κ2) is 20.5. The SMILES string of the molecule is C=CC(=C)OCOc1ccc(C#Cc2c(CCCF)cc(C#Cc3ccc(C(=O)OC=Cc4ccc(OC(=O)C=C)cc4)cc3)cc2OC(=O)C=C)cc1. The number of alkyl halides is 1. The van der Waals surface area contributed by atoms with E-state index in [0.29, 0.717) is 57.1 Å². The molecule has 4 rings (SSSR count). The fourth-order valence-electron chi connectivity index (χ4n) is 4.45. The highest BCUT2D eigenvalue weighted by Crippen LogP contribution is 2.26. The summed E-state index contributed by atoms with van der Waals surface area (Å²) in [6, 6.07) is 23.4. The van der Waals surface area contributed by atoms with Gasteiger partial charge in [0.25, 0.3) is 0 Å². The lowest BCUT2D eigenvalue weighted by Gasteiger charge is -2.11. The van der Waals surface area contributed by atoms with Crippen molar-refractivity contribution in [1.82, 2.24) is 0 Å². The molecule has 54 heavy (non-hydrogen) atoms. The summed E-state index contributed by atoms with van der Waals surface area (Å²) in [6.07, 6.45) is 6.97. The number of halogens is 1. The largest absolute Gasteiger partial charge is 0.458 e. The highest BCUT2D eigenvalue weighted by atomic mass is 19.1. The number of hydrogen-bond donors (Lipinski definition) is 0. The Morgan fingerprint density at radius 3 is 1.96 bits per heavy atom. The molecule has 0 N–H and O–H groups in total. The number of rotatable bonds is 15. The van der Waals surface area contributed by atoms with Crippen LogP contribution in [0.25, 0.3) is 6.08 Å². The molecule has 0 aliphatic carbocycles. The lowest BCUT2D eigenvalue weighted by Crippen LogP contribution is -2.07. The first-order chi connectivity index (χ1) is 26.2. The van der Waals surface area contributed by atoms with E-state index < -0.39 is 24.6 Å². The zero-order valence-corrected chi connectivity index (χ0v) is 29.3. The van der Waals surface area contributed by atoms with Gasteiger partial charge in [-0.3, -0.25) is 4.39 Å². The van der Waals surface area contributed by atoms with Crippen molar-refractivity contribution in [3.05, 3.63) is 180 Å². The van der Waals surface area contributed by atoms with Crippen LogP contribution >= 0.6 is 0 Å². The van der Waals surface area contributed by atoms with Gasteiger partial charge in [0.15, 0.2) is 0 Å². The van der Waals surface area contributed by atoms with Crippen LogP contribution in [0.3, 0.4) is 0 Å². The van der Waals surface area contributed by atoms with Gasteiger partial charge in [-0.15, -0.1) is 0 Å². The van der Waals surface area contributed by atoms with Crippen LogP contribution in [0.1, 0.15) is 50.2 Å². The van der Waals surface area contributed by atoms with Gasteiger partial charge < -0.3 is 23.7 Å². The van der Waals surface area contributed by atoms with Crippen LogP contribution in [0, 0.1) is 23.7 Å². The van der Waals surface area contributed by atoms with Crippen molar-refractivity contribution in [3.63, 3.8) is 0 Å². The number of benzene rings is 4. The van der Waals surface area contributed by atoms with Gasteiger partial charge in [0.05, 0.1) is 24.1 Å². The first kappa shape index (κ1) is 39.4. The molecule has 0 unspecified atom stereocenters. The molecule has 270 valence electrons. The maximum atomic E-state index is 13.3. The van der Waals surface area contributed by atoms with Crippen LogP contribution < -0.4 is 14.2 Å². The van der Waals surface area contributed by atoms with Crippen molar-refractivity contribution in [3.8, 4) is 40.9 Å². The lowest BCUT2D eigenvalue weighted by atomic mass is 9.98. The molecule has 0 saturated heterocycles. The van der Waals surface area contributed by atoms with Gasteiger partial charge in [-0.2, -0.15) is 0 Å². The van der Waals surface area contributed by atoms with Crippen molar-refractivity contribution in [1.29, 1.82) is 0 Å². The monoisotopic (exact) mass is 722 g/mol. The molecule has 0 bridgehead atoms. The van der Waals surface area contributed by atoms with Crippen molar-refractivity contribution in [2.45, 2.75) is 12.8 Å². The lowest BCUT2D eigenvalue weighted by molar-refractivity contribution is -0.129. The number of carbonyl (C=O) groups excluding carboxylic acids is 3. The second-order valence-electron chi connectivity index (χ2n) is 11.0. The normalized spacial score (nSPS) is 10.0. The average Bonchev–Trinajstić information content (AvgIpc) is 3.19. The summed E-state index contributed by atoms with van der Waals surface area (Å²) in [5.74, 6) is 11.9. The van der Waals surface area contributed by atoms with E-state index in [1.165, 1.54) is 12.3 Å². The molecule has 8 nitrogen and oxygen atoms in total. The first-order valence-corrected chi connectivity index (χ1v) is 16.4. The molecule has 0 heterocycles. The summed E-state index contributed by atoms with van der Waals surface area (Å²) in [5.41, 5.74) is 3.85. The minimum absolute atomic E-state index is 0.0307. The van der Waals surface area contributed by atoms with Crippen molar-refractivity contribution >= 4 is 24.0 Å². The van der Waals surface area contributed by atoms with Crippen LogP contribution in [0.15, 0.2) is 141 Å². The minimum atomic E-state index is -0.691. The summed E-state index contributed by atoms with van der Waals surface area (Å²) in [4.78, 5) is 36.2. The molecular weight excluding hydrogens is 687 g/mol. The Kier molecular flexibility index (Phi) is 15.0. The van der Waals surface area contributed by atoms with Gasteiger partial charge >= 0.3 is 17.9 Å². The molecule has 0 aromatic heterocycles. The fourth-order valence-corrected chi connectivity index (χ4v) is 4.45. The Bertz CT molecular complexity index is 2170. The summed E-state index contributed by atoms with van der Waals surface area (Å²) >= 11 is 0. The topological polar surface area (TPSA) is 97.4 Å². The minimum Gasteiger partial charge on any atom is -0.458 e. The average molecular weight is 723 g/mol. The van der Waals surface area contributed by atoms with Crippen molar-refractivity contribution in [2.75, 3.05) is 13.5 Å². The first-order valence-electron chi connectivity index (χ1n) is 16.4. The molecule has 4 aromatic rings. The van der Waals surface area contributed by atoms with Gasteiger partial charge in [0.1, 0.15) is 23.0 Å². The van der Waals surface area contributed by atoms with E-state index in [4.69, 9.17) is 23.7 Å². The van der Waals surface area contributed by atoms with E-state index in [2.05, 4.69) is 50.0 Å². The Morgan fingerprint density at radius 1 is 0.704 bits per heavy atom. The zero-order chi connectivity index (χ0) is 38.7. The van der Waals surface area contributed by atoms with E-state index in [1.807, 2.05) is 0 Å². The zero-order valence-electron chi connectivity index (χ0n) is 29.3. The molecule has 0 aliphatic rings. The van der Waals surface area contributed by atoms with Gasteiger partial charge in [0.2, 0.25) is 6.79 Å². The van der Waals surface area contributed by atoms with Gasteiger partial charge in [-0.05, 0) is 109 Å². The molecule has 0 saturated carbocycles. The summed E-state index contributed by atoms with van der Waals surface area (Å²) in [5, 5.41) is 0. The molecular formula is C45H35FO8. The quantitative estimate of drug-likeness (QED) is 0.0230. The molecule has 4 aromatic carbocycles. The second-order valence-corrected chi connectivity index (χ2v) is 11.0. The standard InChI is InChI=1S/C45H35FO8/c1-5-32(4)51-31-52-39-21-14-34(15-22-39)18-25-41-38(9-8-27-46)29-36(30-42(41)54-44(48)7-3)11-10-33-12-19-37(20-13-33)45(49)50-28-26-35-16-23-40(24-17-35)53-43(47)6-2/h5-7,12-17,19-24,26,28-30H,1-4,8-9,27,31H2. The number of ether oxygens (including phenoxy) is 5. The number of aryl methyl sites for hydroxylation is 1. The predicted molar refractivity (Wildman–Crippen MR) is 204 cm³/mol. The smallest absolute Gasteiger partial charge is 0.342 e. The van der Waals surface area contributed by atoms with Crippen LogP contribution in [0.2, 0.25) is 0 Å². The summed E-state index contributed by atoms with van der Waals surface area (Å²) in [7, 11) is 0. The van der Waals surface area contributed by atoms with Gasteiger partial charge in [-0.1, -0.05) is 62.1 Å². The number of esters is 3. The number of carbonyl (C=O) groups is 3. The number of hydrogen-bond acceptors (Lipinski definition) is 8. The number of allylic oxidation sites excluding steroid dienone is 1. The Labute approximate surface area is 313 Å². The maximum Gasteiger partial charge on any atom is 0.342 e. The highest BCUT2D eigenvalue weighted by molar-refractivity contribution is 5.90. The third-order valence-electron chi connectivity index (χ3n) is 7.20. The maximum absolute atomic E-state index is 13.3. The van der Waals surface area contributed by atoms with E-state index in [1.54, 1.807) is 91.0 Å². The van der Waals surface area contributed by atoms with E-state index in [0.717, 1.165) is 17.7 Å². The highest BCUT2D eigenvalue weighted by Gasteiger charge is 2.13. The molecule has 0 amide bonds. The molecule has 9 heteroatoms. The van der Waals surface area contributed by atoms with Crippen LogP contribution in [0.5, 0.6) is 17.2 Å². The fraction of sp³-hybridized carbons (Fsp3) is 0.0889. The van der Waals surface area contributed by atoms with Gasteiger partial charge in [0, 0.05) is 28.8 Å². The third-order valence-corrected chi connectivity index (χ3v) is 7.20. The van der Waals surface area contributed by atoms with Crippen molar-refractivity contribution in [2.24, 2.45) is 0 Å². The van der Waals surface area contributed by atoms with Gasteiger partial charge in [-0.25, -0.2) is 14.4 Å². The summed E-state index contributed by atoms with van der Waals surface area (Å²) < 4.78 is 40.0. The Balaban J connectivity index is 1.50. The van der Waals surface area contributed by atoms with Crippen LogP contribution in [-0.2, 0) is 25.5 Å².